The Morgan fingerprint density at radius 3 is 2.52 bits per heavy atom. The lowest BCUT2D eigenvalue weighted by Gasteiger charge is -2.20. The van der Waals surface area contributed by atoms with Crippen LogP contribution in [-0.4, -0.2) is 45.8 Å². The number of para-hydroxylation sites is 2. The van der Waals surface area contributed by atoms with Crippen molar-refractivity contribution in [3.05, 3.63) is 54.1 Å². The lowest BCUT2D eigenvalue weighted by Crippen LogP contribution is -2.35. The number of fused-ring (bicyclic) bond motifs is 1. The number of hydrogen-bond acceptors (Lipinski definition) is 6. The maximum Gasteiger partial charge on any atom is 0.338 e. The summed E-state index contributed by atoms with van der Waals surface area (Å²) in [7, 11) is -3.51. The summed E-state index contributed by atoms with van der Waals surface area (Å²) >= 11 is 0. The standard InChI is InChI=1S/C20H22N2O6S/c1-3-27-20(24)14-8-10-15(11-9-14)21-19(23)18-12-13-22(29(2,25)26)16-6-4-5-7-17(16)28-18/h4-11,18H,3,12-13H2,1-2H3,(H,21,23). The van der Waals surface area contributed by atoms with Crippen molar-refractivity contribution >= 4 is 33.3 Å². The summed E-state index contributed by atoms with van der Waals surface area (Å²) in [6.45, 7) is 2.13. The lowest BCUT2D eigenvalue weighted by molar-refractivity contribution is -0.122. The molecule has 0 saturated carbocycles. The third kappa shape index (κ3) is 4.86. The highest BCUT2D eigenvalue weighted by molar-refractivity contribution is 7.92. The lowest BCUT2D eigenvalue weighted by atomic mass is 10.2. The molecule has 1 N–H and O–H groups in total. The molecular formula is C20H22N2O6S. The molecule has 2 aromatic carbocycles. The van der Waals surface area contributed by atoms with Crippen LogP contribution < -0.4 is 14.4 Å². The summed E-state index contributed by atoms with van der Waals surface area (Å²) in [5.41, 5.74) is 1.28. The van der Waals surface area contributed by atoms with Crippen LogP contribution >= 0.6 is 0 Å². The number of nitrogens with one attached hydrogen (secondary N) is 1. The molecule has 1 aliphatic heterocycles. The molecule has 0 spiro atoms. The van der Waals surface area contributed by atoms with Gasteiger partial charge in [-0.1, -0.05) is 12.1 Å². The van der Waals surface area contributed by atoms with Crippen LogP contribution in [0, 0.1) is 0 Å². The van der Waals surface area contributed by atoms with E-state index in [1.54, 1.807) is 55.5 Å². The molecular weight excluding hydrogens is 396 g/mol. The van der Waals surface area contributed by atoms with Crippen molar-refractivity contribution in [2.24, 2.45) is 0 Å². The van der Waals surface area contributed by atoms with Gasteiger partial charge in [0.05, 0.1) is 24.1 Å². The minimum Gasteiger partial charge on any atom is -0.478 e. The van der Waals surface area contributed by atoms with E-state index in [0.717, 1.165) is 6.26 Å². The molecule has 0 fully saturated rings. The van der Waals surface area contributed by atoms with Gasteiger partial charge in [0.15, 0.2) is 6.10 Å². The third-order valence-electron chi connectivity index (χ3n) is 4.35. The van der Waals surface area contributed by atoms with Crippen LogP contribution in [0.1, 0.15) is 23.7 Å². The van der Waals surface area contributed by atoms with Gasteiger partial charge in [-0.15, -0.1) is 0 Å². The molecule has 1 heterocycles. The third-order valence-corrected chi connectivity index (χ3v) is 5.53. The summed E-state index contributed by atoms with van der Waals surface area (Å²) in [6.07, 6.45) is 0.441. The number of benzene rings is 2. The molecule has 0 saturated heterocycles. The summed E-state index contributed by atoms with van der Waals surface area (Å²) in [5, 5.41) is 2.74. The summed E-state index contributed by atoms with van der Waals surface area (Å²) in [6, 6.07) is 13.0. The Labute approximate surface area is 169 Å². The molecule has 0 aliphatic carbocycles. The normalized spacial score (nSPS) is 16.2. The van der Waals surface area contributed by atoms with Gasteiger partial charge in [0.25, 0.3) is 5.91 Å². The van der Waals surface area contributed by atoms with Crippen molar-refractivity contribution in [2.75, 3.05) is 29.0 Å². The van der Waals surface area contributed by atoms with Gasteiger partial charge in [0, 0.05) is 18.7 Å². The summed E-state index contributed by atoms with van der Waals surface area (Å²) < 4.78 is 36.3. The van der Waals surface area contributed by atoms with Gasteiger partial charge in [0.1, 0.15) is 5.75 Å². The topological polar surface area (TPSA) is 102 Å². The number of hydrogen-bond donors (Lipinski definition) is 1. The van der Waals surface area contributed by atoms with E-state index in [1.165, 1.54) is 4.31 Å². The van der Waals surface area contributed by atoms with E-state index in [9.17, 15) is 18.0 Å². The number of ether oxygens (including phenoxy) is 2. The molecule has 2 aromatic rings. The van der Waals surface area contributed by atoms with Gasteiger partial charge >= 0.3 is 5.97 Å². The molecule has 1 atom stereocenters. The molecule has 0 bridgehead atoms. The van der Waals surface area contributed by atoms with Gasteiger partial charge in [-0.05, 0) is 43.3 Å². The van der Waals surface area contributed by atoms with Crippen molar-refractivity contribution in [2.45, 2.75) is 19.4 Å². The zero-order chi connectivity index (χ0) is 21.0. The molecule has 1 aliphatic rings. The number of sulfonamides is 1. The van der Waals surface area contributed by atoms with Crippen LogP contribution in [0.25, 0.3) is 0 Å². The Balaban J connectivity index is 1.75. The SMILES string of the molecule is CCOC(=O)c1ccc(NC(=O)C2CCN(S(C)(=O)=O)c3ccccc3O2)cc1. The van der Waals surface area contributed by atoms with E-state index in [4.69, 9.17) is 9.47 Å². The highest BCUT2D eigenvalue weighted by Crippen LogP contribution is 2.34. The van der Waals surface area contributed by atoms with Crippen molar-refractivity contribution in [3.63, 3.8) is 0 Å². The van der Waals surface area contributed by atoms with E-state index in [2.05, 4.69) is 5.32 Å². The summed E-state index contributed by atoms with van der Waals surface area (Å²) in [4.78, 5) is 24.4. The molecule has 8 nitrogen and oxygen atoms in total. The van der Waals surface area contributed by atoms with E-state index < -0.39 is 28.0 Å². The van der Waals surface area contributed by atoms with Crippen LogP contribution in [0.15, 0.2) is 48.5 Å². The fourth-order valence-electron chi connectivity index (χ4n) is 2.99. The number of carbonyl (C=O) groups excluding carboxylic acids is 2. The Morgan fingerprint density at radius 2 is 1.86 bits per heavy atom. The molecule has 9 heteroatoms. The Kier molecular flexibility index (Phi) is 6.07. The van der Waals surface area contributed by atoms with E-state index in [1.807, 2.05) is 0 Å². The average molecular weight is 418 g/mol. The number of nitrogens with zero attached hydrogens (tertiary/aromatic N) is 1. The molecule has 0 aromatic heterocycles. The molecule has 29 heavy (non-hydrogen) atoms. The van der Waals surface area contributed by atoms with Crippen molar-refractivity contribution in [3.8, 4) is 5.75 Å². The minimum atomic E-state index is -3.51. The van der Waals surface area contributed by atoms with Gasteiger partial charge < -0.3 is 14.8 Å². The smallest absolute Gasteiger partial charge is 0.338 e. The maximum atomic E-state index is 12.7. The predicted molar refractivity (Wildman–Crippen MR) is 109 cm³/mol. The predicted octanol–water partition coefficient (Wildman–Crippen LogP) is 2.42. The van der Waals surface area contributed by atoms with Gasteiger partial charge in [-0.2, -0.15) is 0 Å². The molecule has 3 rings (SSSR count). The fourth-order valence-corrected chi connectivity index (χ4v) is 3.93. The first-order valence-electron chi connectivity index (χ1n) is 9.11. The van der Waals surface area contributed by atoms with Gasteiger partial charge in [-0.3, -0.25) is 9.10 Å². The molecule has 154 valence electrons. The monoisotopic (exact) mass is 418 g/mol. The Bertz CT molecular complexity index is 1000. The van der Waals surface area contributed by atoms with Crippen LogP contribution in [0.4, 0.5) is 11.4 Å². The van der Waals surface area contributed by atoms with E-state index in [0.29, 0.717) is 22.7 Å². The first kappa shape index (κ1) is 20.7. The first-order valence-corrected chi connectivity index (χ1v) is 11.0. The van der Waals surface area contributed by atoms with Gasteiger partial charge in [-0.25, -0.2) is 13.2 Å². The van der Waals surface area contributed by atoms with Crippen molar-refractivity contribution < 1.29 is 27.5 Å². The Morgan fingerprint density at radius 1 is 1.17 bits per heavy atom. The fraction of sp³-hybridized carbons (Fsp3) is 0.300. The quantitative estimate of drug-likeness (QED) is 0.748. The van der Waals surface area contributed by atoms with Crippen molar-refractivity contribution in [1.29, 1.82) is 0 Å². The van der Waals surface area contributed by atoms with Gasteiger partial charge in [0.2, 0.25) is 10.0 Å². The van der Waals surface area contributed by atoms with Crippen LogP contribution in [-0.2, 0) is 19.6 Å². The van der Waals surface area contributed by atoms with Crippen LogP contribution in [0.2, 0.25) is 0 Å². The second-order valence-electron chi connectivity index (χ2n) is 6.49. The maximum absolute atomic E-state index is 12.7. The highest BCUT2D eigenvalue weighted by Gasteiger charge is 2.31. The summed E-state index contributed by atoms with van der Waals surface area (Å²) in [5.74, 6) is -0.512. The number of carbonyl (C=O) groups is 2. The van der Waals surface area contributed by atoms with Crippen LogP contribution in [0.5, 0.6) is 5.75 Å². The zero-order valence-corrected chi connectivity index (χ0v) is 16.9. The molecule has 1 amide bonds. The largest absolute Gasteiger partial charge is 0.478 e. The van der Waals surface area contributed by atoms with E-state index in [-0.39, 0.29) is 19.6 Å². The number of rotatable bonds is 5. The minimum absolute atomic E-state index is 0.121. The molecule has 1 unspecified atom stereocenters. The Hall–Kier alpha value is -3.07. The molecule has 0 radical (unpaired) electrons. The zero-order valence-electron chi connectivity index (χ0n) is 16.1. The highest BCUT2D eigenvalue weighted by atomic mass is 32.2. The number of anilines is 2. The van der Waals surface area contributed by atoms with E-state index >= 15 is 0 Å². The number of amides is 1. The second kappa shape index (κ2) is 8.52. The van der Waals surface area contributed by atoms with Crippen molar-refractivity contribution in [1.82, 2.24) is 0 Å². The van der Waals surface area contributed by atoms with Crippen LogP contribution in [0.3, 0.4) is 0 Å². The first-order chi connectivity index (χ1) is 13.8. The number of esters is 1. The average Bonchev–Trinajstić information content (AvgIpc) is 2.88. The second-order valence-corrected chi connectivity index (χ2v) is 8.39.